The number of aryl methyl sites for hydroxylation is 3. The molecule has 2 aromatic carbocycles. The van der Waals surface area contributed by atoms with Crippen LogP contribution in [0.3, 0.4) is 0 Å². The second kappa shape index (κ2) is 10.1. The lowest BCUT2D eigenvalue weighted by atomic mass is 10.0. The van der Waals surface area contributed by atoms with Crippen LogP contribution in [-0.2, 0) is 16.0 Å². The van der Waals surface area contributed by atoms with E-state index in [9.17, 15) is 14.4 Å². The highest BCUT2D eigenvalue weighted by Crippen LogP contribution is 2.34. The molecule has 0 radical (unpaired) electrons. The van der Waals surface area contributed by atoms with Gasteiger partial charge in [0.05, 0.1) is 27.0 Å². The molecular formula is C29H25Cl2N4O3+. The average molecular weight is 548 g/mol. The Kier molecular flexibility index (Phi) is 6.82. The fraction of sp³-hybridized carbons (Fsp3) is 0.172. The van der Waals surface area contributed by atoms with Gasteiger partial charge in [-0.05, 0) is 56.7 Å². The van der Waals surface area contributed by atoms with Crippen molar-refractivity contribution in [2.45, 2.75) is 33.6 Å². The Hall–Kier alpha value is -3.94. The van der Waals surface area contributed by atoms with Gasteiger partial charge in [-0.3, -0.25) is 19.5 Å². The minimum absolute atomic E-state index is 0.0506. The van der Waals surface area contributed by atoms with Gasteiger partial charge in [-0.15, -0.1) is 0 Å². The van der Waals surface area contributed by atoms with E-state index in [4.69, 9.17) is 23.2 Å². The van der Waals surface area contributed by atoms with Gasteiger partial charge in [-0.1, -0.05) is 54.2 Å². The smallest absolute Gasteiger partial charge is 0.294 e. The first-order valence-corrected chi connectivity index (χ1v) is 12.9. The van der Waals surface area contributed by atoms with E-state index >= 15 is 0 Å². The number of rotatable bonds is 6. The molecule has 0 saturated carbocycles. The minimum Gasteiger partial charge on any atom is -0.294 e. The van der Waals surface area contributed by atoms with Gasteiger partial charge in [0, 0.05) is 17.3 Å². The van der Waals surface area contributed by atoms with E-state index < -0.39 is 17.4 Å². The second-order valence-corrected chi connectivity index (χ2v) is 10.1. The predicted molar refractivity (Wildman–Crippen MR) is 149 cm³/mol. The van der Waals surface area contributed by atoms with Crippen molar-refractivity contribution in [3.05, 3.63) is 110 Å². The van der Waals surface area contributed by atoms with Crippen molar-refractivity contribution in [1.29, 1.82) is 0 Å². The summed E-state index contributed by atoms with van der Waals surface area (Å²) >= 11 is 12.3. The third-order valence-electron chi connectivity index (χ3n) is 6.44. The summed E-state index contributed by atoms with van der Waals surface area (Å²) in [6.07, 6.45) is 4.66. The summed E-state index contributed by atoms with van der Waals surface area (Å²) in [7, 11) is 0. The molecule has 5 rings (SSSR count). The number of nitrogens with zero attached hydrogens (tertiary/aromatic N) is 3. The van der Waals surface area contributed by atoms with Crippen LogP contribution in [0.4, 0.5) is 5.69 Å². The van der Waals surface area contributed by atoms with Crippen LogP contribution in [0, 0.1) is 13.8 Å². The fourth-order valence-corrected chi connectivity index (χ4v) is 4.91. The van der Waals surface area contributed by atoms with Crippen molar-refractivity contribution in [3.63, 3.8) is 0 Å². The topological polar surface area (TPSA) is 79.1 Å². The van der Waals surface area contributed by atoms with Crippen molar-refractivity contribution >= 4 is 52.0 Å². The van der Waals surface area contributed by atoms with Gasteiger partial charge < -0.3 is 0 Å². The quantitative estimate of drug-likeness (QED) is 0.264. The molecule has 7 nitrogen and oxygen atoms in total. The van der Waals surface area contributed by atoms with E-state index in [0.717, 1.165) is 16.0 Å². The third-order valence-corrected chi connectivity index (χ3v) is 7.17. The zero-order chi connectivity index (χ0) is 27.1. The number of hydrogen-bond donors (Lipinski definition) is 1. The Balaban J connectivity index is 1.78. The summed E-state index contributed by atoms with van der Waals surface area (Å²) in [6.45, 7) is 5.80. The molecule has 0 aliphatic carbocycles. The molecule has 0 atom stereocenters. The average Bonchev–Trinajstić information content (AvgIpc) is 3.33. The van der Waals surface area contributed by atoms with Gasteiger partial charge in [0.25, 0.3) is 17.2 Å². The number of imide groups is 1. The Labute approximate surface area is 229 Å². The molecule has 0 saturated heterocycles. The molecule has 2 aromatic heterocycles. The van der Waals surface area contributed by atoms with Gasteiger partial charge in [0.1, 0.15) is 5.57 Å². The number of anilines is 1. The largest absolute Gasteiger partial charge is 0.331 e. The maximum absolute atomic E-state index is 14.1. The van der Waals surface area contributed by atoms with Crippen LogP contribution in [0.15, 0.2) is 71.8 Å². The Morgan fingerprint density at radius 2 is 1.58 bits per heavy atom. The van der Waals surface area contributed by atoms with E-state index in [-0.39, 0.29) is 21.9 Å². The maximum atomic E-state index is 14.1. The number of nitrogens with one attached hydrogen (secondary N) is 1. The summed E-state index contributed by atoms with van der Waals surface area (Å²) < 4.78 is 2.95. The zero-order valence-corrected chi connectivity index (χ0v) is 22.6. The van der Waals surface area contributed by atoms with E-state index in [1.807, 2.05) is 39.0 Å². The first-order valence-electron chi connectivity index (χ1n) is 12.2. The van der Waals surface area contributed by atoms with Gasteiger partial charge in [-0.25, -0.2) is 9.58 Å². The molecular weight excluding hydrogens is 523 g/mol. The molecule has 0 spiro atoms. The normalized spacial score (nSPS) is 13.7. The summed E-state index contributed by atoms with van der Waals surface area (Å²) in [6, 6.07) is 15.7. The van der Waals surface area contributed by atoms with Crippen molar-refractivity contribution in [2.24, 2.45) is 0 Å². The lowest BCUT2D eigenvalue weighted by Crippen LogP contribution is -2.39. The SMILES string of the molecule is CCCc1[nH]n(-c2ccc(Cl)c(Cl)c2)c(=O)c1C1=C([n+]2cccc(C)c2)C(=O)N(c2ccc(C)cc2)C1=O. The number of H-pyrrole nitrogens is 1. The lowest BCUT2D eigenvalue weighted by Gasteiger charge is -2.14. The summed E-state index contributed by atoms with van der Waals surface area (Å²) in [5, 5.41) is 3.79. The molecule has 4 aromatic rings. The van der Waals surface area contributed by atoms with Gasteiger partial charge in [0.15, 0.2) is 12.4 Å². The maximum Gasteiger partial charge on any atom is 0.331 e. The van der Waals surface area contributed by atoms with Crippen LogP contribution in [0.5, 0.6) is 0 Å². The molecule has 9 heteroatoms. The number of carbonyl (C=O) groups is 2. The van der Waals surface area contributed by atoms with E-state index in [2.05, 4.69) is 5.10 Å². The van der Waals surface area contributed by atoms with Crippen molar-refractivity contribution < 1.29 is 14.2 Å². The number of aromatic nitrogens is 3. The van der Waals surface area contributed by atoms with Crippen LogP contribution < -0.4 is 15.0 Å². The molecule has 38 heavy (non-hydrogen) atoms. The minimum atomic E-state index is -0.558. The van der Waals surface area contributed by atoms with Crippen LogP contribution in [0.1, 0.15) is 35.7 Å². The second-order valence-electron chi connectivity index (χ2n) is 9.25. The summed E-state index contributed by atoms with van der Waals surface area (Å²) in [5.41, 5.74) is 3.21. The highest BCUT2D eigenvalue weighted by molar-refractivity contribution is 6.53. The first kappa shape index (κ1) is 25.7. The van der Waals surface area contributed by atoms with Gasteiger partial charge in [-0.2, -0.15) is 4.57 Å². The van der Waals surface area contributed by atoms with Crippen LogP contribution in [-0.4, -0.2) is 21.6 Å². The van der Waals surface area contributed by atoms with Crippen molar-refractivity contribution in [1.82, 2.24) is 9.78 Å². The molecule has 1 aliphatic rings. The summed E-state index contributed by atoms with van der Waals surface area (Å²) in [4.78, 5) is 43.1. The molecule has 1 aliphatic heterocycles. The first-order chi connectivity index (χ1) is 18.2. The van der Waals surface area contributed by atoms with E-state index in [0.29, 0.717) is 34.9 Å². The predicted octanol–water partition coefficient (Wildman–Crippen LogP) is 5.27. The van der Waals surface area contributed by atoms with Crippen LogP contribution in [0.2, 0.25) is 10.0 Å². The lowest BCUT2D eigenvalue weighted by molar-refractivity contribution is -0.577. The number of hydrogen-bond acceptors (Lipinski definition) is 3. The van der Waals surface area contributed by atoms with Crippen molar-refractivity contribution in [3.8, 4) is 5.69 Å². The Bertz CT molecular complexity index is 1680. The highest BCUT2D eigenvalue weighted by Gasteiger charge is 2.48. The van der Waals surface area contributed by atoms with Crippen LogP contribution in [0.25, 0.3) is 17.0 Å². The third kappa shape index (κ3) is 4.38. The van der Waals surface area contributed by atoms with E-state index in [1.165, 1.54) is 4.68 Å². The number of pyridine rings is 1. The van der Waals surface area contributed by atoms with E-state index in [1.54, 1.807) is 53.4 Å². The molecule has 0 unspecified atom stereocenters. The molecule has 2 amide bonds. The zero-order valence-electron chi connectivity index (χ0n) is 21.1. The summed E-state index contributed by atoms with van der Waals surface area (Å²) in [5.74, 6) is -1.06. The fourth-order valence-electron chi connectivity index (χ4n) is 4.62. The Morgan fingerprint density at radius 3 is 2.24 bits per heavy atom. The number of amides is 2. The standard InChI is InChI=1S/C29H24Cl2N4O3/c1-4-6-23-24(28(37)35(32-23)20-12-13-21(30)22(31)15-20)25-26(33-14-5-7-18(3)16-33)29(38)34(27(25)36)19-10-8-17(2)9-11-19/h5,7-16H,4,6H2,1-3H3/p+1. The van der Waals surface area contributed by atoms with Gasteiger partial charge in [0.2, 0.25) is 0 Å². The molecule has 3 heterocycles. The highest BCUT2D eigenvalue weighted by atomic mass is 35.5. The number of aromatic amines is 1. The Morgan fingerprint density at radius 1 is 0.868 bits per heavy atom. The van der Waals surface area contributed by atoms with Crippen LogP contribution >= 0.6 is 23.2 Å². The van der Waals surface area contributed by atoms with Crippen molar-refractivity contribution in [2.75, 3.05) is 4.90 Å². The number of benzene rings is 2. The number of halogens is 2. The molecule has 0 fully saturated rings. The molecule has 1 N–H and O–H groups in total. The monoisotopic (exact) mass is 547 g/mol. The van der Waals surface area contributed by atoms with Gasteiger partial charge >= 0.3 is 5.91 Å². The molecule has 0 bridgehead atoms. The number of carbonyl (C=O) groups excluding carboxylic acids is 2. The molecule has 192 valence electrons.